The van der Waals surface area contributed by atoms with Crippen LogP contribution in [0.3, 0.4) is 0 Å². The Hall–Kier alpha value is -0.0800. The van der Waals surface area contributed by atoms with E-state index in [4.69, 9.17) is 5.73 Å². The van der Waals surface area contributed by atoms with E-state index in [-0.39, 0.29) is 0 Å². The van der Waals surface area contributed by atoms with E-state index >= 15 is 0 Å². The molecule has 2 heteroatoms. The van der Waals surface area contributed by atoms with Crippen molar-refractivity contribution in [2.75, 3.05) is 13.6 Å². The lowest BCUT2D eigenvalue weighted by atomic mass is 9.76. The summed E-state index contributed by atoms with van der Waals surface area (Å²) in [5.74, 6) is 1.72. The van der Waals surface area contributed by atoms with Gasteiger partial charge in [0, 0.05) is 12.1 Å². The Kier molecular flexibility index (Phi) is 3.68. The molecule has 2 fully saturated rings. The van der Waals surface area contributed by atoms with Crippen LogP contribution >= 0.6 is 0 Å². The molecule has 2 N–H and O–H groups in total. The van der Waals surface area contributed by atoms with E-state index < -0.39 is 0 Å². The monoisotopic (exact) mass is 210 g/mol. The maximum Gasteiger partial charge on any atom is 0.0136 e. The van der Waals surface area contributed by atoms with Crippen LogP contribution in [0.1, 0.15) is 45.4 Å². The van der Waals surface area contributed by atoms with Crippen LogP contribution in [0, 0.1) is 11.8 Å². The van der Waals surface area contributed by atoms with Gasteiger partial charge in [-0.05, 0) is 51.1 Å². The van der Waals surface area contributed by atoms with Gasteiger partial charge in [0.2, 0.25) is 0 Å². The fraction of sp³-hybridized carbons (Fsp3) is 1.00. The average Bonchev–Trinajstić information content (AvgIpc) is 2.17. The van der Waals surface area contributed by atoms with Crippen molar-refractivity contribution in [1.82, 2.24) is 4.90 Å². The Bertz CT molecular complexity index is 203. The highest BCUT2D eigenvalue weighted by Gasteiger charge is 2.36. The van der Waals surface area contributed by atoms with Gasteiger partial charge < -0.3 is 10.6 Å². The van der Waals surface area contributed by atoms with Crippen molar-refractivity contribution < 1.29 is 0 Å². The molecule has 0 amide bonds. The molecule has 2 aliphatic carbocycles. The zero-order chi connectivity index (χ0) is 10.8. The predicted molar refractivity (Wildman–Crippen MR) is 64.7 cm³/mol. The molecule has 0 bridgehead atoms. The summed E-state index contributed by atoms with van der Waals surface area (Å²) in [6, 6.07) is 1.64. The third-order valence-electron chi connectivity index (χ3n) is 4.69. The fourth-order valence-corrected chi connectivity index (χ4v) is 3.41. The summed E-state index contributed by atoms with van der Waals surface area (Å²) in [6.07, 6.45) is 8.42. The topological polar surface area (TPSA) is 29.3 Å². The molecule has 0 aliphatic heterocycles. The van der Waals surface area contributed by atoms with Crippen LogP contribution in [0.25, 0.3) is 0 Å². The molecular formula is C13H26N2. The van der Waals surface area contributed by atoms with Crippen LogP contribution in [-0.4, -0.2) is 30.6 Å². The van der Waals surface area contributed by atoms with E-state index in [1.165, 1.54) is 38.5 Å². The minimum absolute atomic E-state index is 0.784. The summed E-state index contributed by atoms with van der Waals surface area (Å²) in [4.78, 5) is 2.65. The summed E-state index contributed by atoms with van der Waals surface area (Å²) < 4.78 is 0. The van der Waals surface area contributed by atoms with Gasteiger partial charge >= 0.3 is 0 Å². The molecule has 15 heavy (non-hydrogen) atoms. The summed E-state index contributed by atoms with van der Waals surface area (Å²) in [5.41, 5.74) is 5.79. The molecule has 2 aliphatic rings. The maximum atomic E-state index is 5.79. The highest BCUT2D eigenvalue weighted by atomic mass is 15.2. The lowest BCUT2D eigenvalue weighted by Gasteiger charge is -2.47. The van der Waals surface area contributed by atoms with E-state index in [9.17, 15) is 0 Å². The van der Waals surface area contributed by atoms with Gasteiger partial charge in [-0.15, -0.1) is 0 Å². The number of nitrogens with zero attached hydrogens (tertiary/aromatic N) is 1. The van der Waals surface area contributed by atoms with Crippen molar-refractivity contribution in [2.45, 2.75) is 57.5 Å². The minimum atomic E-state index is 0.784. The van der Waals surface area contributed by atoms with E-state index in [1.54, 1.807) is 0 Å². The second-order valence-corrected chi connectivity index (χ2v) is 5.73. The van der Waals surface area contributed by atoms with Crippen LogP contribution < -0.4 is 5.73 Å². The molecule has 0 aromatic rings. The first-order valence-electron chi connectivity index (χ1n) is 6.64. The smallest absolute Gasteiger partial charge is 0.0136 e. The van der Waals surface area contributed by atoms with E-state index in [0.29, 0.717) is 0 Å². The molecule has 0 aromatic heterocycles. The summed E-state index contributed by atoms with van der Waals surface area (Å²) in [7, 11) is 2.33. The Labute approximate surface area is 94.2 Å². The fourth-order valence-electron chi connectivity index (χ4n) is 3.41. The SMILES string of the molecule is CC1CCCC(N(C)C2CCC2CN)C1. The van der Waals surface area contributed by atoms with Crippen LogP contribution in [-0.2, 0) is 0 Å². The van der Waals surface area contributed by atoms with Gasteiger partial charge in [-0.25, -0.2) is 0 Å². The standard InChI is InChI=1S/C13H26N2/c1-10-4-3-5-12(8-10)15(2)13-7-6-11(13)9-14/h10-13H,3-9,14H2,1-2H3. The Morgan fingerprint density at radius 3 is 2.53 bits per heavy atom. The van der Waals surface area contributed by atoms with Gasteiger partial charge in [0.05, 0.1) is 0 Å². The molecule has 88 valence electrons. The number of hydrogen-bond donors (Lipinski definition) is 1. The Morgan fingerprint density at radius 2 is 2.00 bits per heavy atom. The van der Waals surface area contributed by atoms with Crippen molar-refractivity contribution in [3.63, 3.8) is 0 Å². The van der Waals surface area contributed by atoms with E-state index in [2.05, 4.69) is 18.9 Å². The zero-order valence-corrected chi connectivity index (χ0v) is 10.3. The molecule has 2 rings (SSSR count). The van der Waals surface area contributed by atoms with Gasteiger partial charge in [0.25, 0.3) is 0 Å². The van der Waals surface area contributed by atoms with Crippen molar-refractivity contribution >= 4 is 0 Å². The maximum absolute atomic E-state index is 5.79. The summed E-state index contributed by atoms with van der Waals surface area (Å²) in [5, 5.41) is 0. The second kappa shape index (κ2) is 4.84. The van der Waals surface area contributed by atoms with E-state index in [0.717, 1.165) is 30.5 Å². The molecular weight excluding hydrogens is 184 g/mol. The number of hydrogen-bond acceptors (Lipinski definition) is 2. The quantitative estimate of drug-likeness (QED) is 0.774. The molecule has 4 unspecified atom stereocenters. The van der Waals surface area contributed by atoms with Gasteiger partial charge in [0.1, 0.15) is 0 Å². The molecule has 0 saturated heterocycles. The molecule has 2 saturated carbocycles. The Morgan fingerprint density at radius 1 is 1.20 bits per heavy atom. The lowest BCUT2D eigenvalue weighted by Crippen LogP contribution is -2.52. The van der Waals surface area contributed by atoms with Gasteiger partial charge in [-0.3, -0.25) is 0 Å². The molecule has 0 spiro atoms. The van der Waals surface area contributed by atoms with Gasteiger partial charge in [0.15, 0.2) is 0 Å². The minimum Gasteiger partial charge on any atom is -0.330 e. The van der Waals surface area contributed by atoms with Crippen LogP contribution in [0.4, 0.5) is 0 Å². The Balaban J connectivity index is 1.86. The molecule has 0 aromatic carbocycles. The largest absolute Gasteiger partial charge is 0.330 e. The van der Waals surface area contributed by atoms with Gasteiger partial charge in [-0.2, -0.15) is 0 Å². The molecule has 0 radical (unpaired) electrons. The number of rotatable bonds is 3. The third-order valence-corrected chi connectivity index (χ3v) is 4.69. The third kappa shape index (κ3) is 2.36. The predicted octanol–water partition coefficient (Wildman–Crippen LogP) is 2.23. The first kappa shape index (κ1) is 11.4. The number of nitrogens with two attached hydrogens (primary N) is 1. The van der Waals surface area contributed by atoms with Gasteiger partial charge in [-0.1, -0.05) is 19.8 Å². The highest BCUT2D eigenvalue weighted by molar-refractivity contribution is 4.91. The van der Waals surface area contributed by atoms with E-state index in [1.807, 2.05) is 0 Å². The zero-order valence-electron chi connectivity index (χ0n) is 10.3. The molecule has 2 nitrogen and oxygen atoms in total. The van der Waals surface area contributed by atoms with Crippen LogP contribution in [0.2, 0.25) is 0 Å². The molecule has 4 atom stereocenters. The van der Waals surface area contributed by atoms with Crippen LogP contribution in [0.5, 0.6) is 0 Å². The second-order valence-electron chi connectivity index (χ2n) is 5.73. The van der Waals surface area contributed by atoms with Crippen molar-refractivity contribution in [3.05, 3.63) is 0 Å². The summed E-state index contributed by atoms with van der Waals surface area (Å²) >= 11 is 0. The first-order chi connectivity index (χ1) is 7.22. The normalized spacial score (nSPS) is 41.6. The van der Waals surface area contributed by atoms with Crippen molar-refractivity contribution in [2.24, 2.45) is 17.6 Å². The van der Waals surface area contributed by atoms with Crippen molar-refractivity contribution in [3.8, 4) is 0 Å². The first-order valence-corrected chi connectivity index (χ1v) is 6.64. The lowest BCUT2D eigenvalue weighted by molar-refractivity contribution is 0.0322. The van der Waals surface area contributed by atoms with Crippen molar-refractivity contribution in [1.29, 1.82) is 0 Å². The summed E-state index contributed by atoms with van der Waals surface area (Å²) in [6.45, 7) is 3.29. The molecule has 0 heterocycles. The van der Waals surface area contributed by atoms with Crippen LogP contribution in [0.15, 0.2) is 0 Å². The average molecular weight is 210 g/mol. The highest BCUT2D eigenvalue weighted by Crippen LogP contribution is 2.35.